The lowest BCUT2D eigenvalue weighted by atomic mass is 9.98. The van der Waals surface area contributed by atoms with Crippen LogP contribution in [0, 0.1) is 0 Å². The molecule has 1 aromatic carbocycles. The second-order valence-corrected chi connectivity index (χ2v) is 5.64. The smallest absolute Gasteiger partial charge is 0.341 e. The molecule has 0 atom stereocenters. The van der Waals surface area contributed by atoms with Crippen LogP contribution in [0.4, 0.5) is 0 Å². The Morgan fingerprint density at radius 3 is 2.57 bits per heavy atom. The molecule has 0 saturated heterocycles. The summed E-state index contributed by atoms with van der Waals surface area (Å²) in [5.74, 6) is -0.0988. The molecule has 1 fully saturated rings. The molecule has 0 radical (unpaired) electrons. The molecule has 1 N–H and O–H groups in total. The summed E-state index contributed by atoms with van der Waals surface area (Å²) in [6.07, 6.45) is 5.67. The van der Waals surface area contributed by atoms with Crippen LogP contribution in [-0.2, 0) is 12.8 Å². The minimum atomic E-state index is -0.916. The molecule has 2 aromatic rings. The maximum Gasteiger partial charge on any atom is 0.341 e. The van der Waals surface area contributed by atoms with Crippen LogP contribution in [0.5, 0.6) is 0 Å². The lowest BCUT2D eigenvalue weighted by Crippen LogP contribution is -2.06. The summed E-state index contributed by atoms with van der Waals surface area (Å²) in [5.41, 5.74) is 2.06. The van der Waals surface area contributed by atoms with Crippen LogP contribution in [0.15, 0.2) is 34.9 Å². The van der Waals surface area contributed by atoms with Crippen molar-refractivity contribution < 1.29 is 14.4 Å². The van der Waals surface area contributed by atoms with E-state index in [2.05, 4.69) is 5.16 Å². The van der Waals surface area contributed by atoms with Gasteiger partial charge in [-0.05, 0) is 31.2 Å². The fraction of sp³-hybridized carbons (Fsp3) is 0.412. The Morgan fingerprint density at radius 1 is 1.19 bits per heavy atom. The zero-order valence-electron chi connectivity index (χ0n) is 11.9. The lowest BCUT2D eigenvalue weighted by Gasteiger charge is -2.05. The Morgan fingerprint density at radius 2 is 1.90 bits per heavy atom. The minimum absolute atomic E-state index is 0.231. The first-order valence-electron chi connectivity index (χ1n) is 7.51. The standard InChI is InChI=1S/C17H19NO3/c19-17(20)15-14(11-10-12-6-2-1-3-7-12)18-21-16(15)13-8-4-5-9-13/h1-3,6-7,13H,4-5,8-11H2,(H,19,20). The molecule has 21 heavy (non-hydrogen) atoms. The number of hydrogen-bond acceptors (Lipinski definition) is 3. The molecule has 3 rings (SSSR count). The van der Waals surface area contributed by atoms with E-state index >= 15 is 0 Å². The predicted octanol–water partition coefficient (Wildman–Crippen LogP) is 3.82. The lowest BCUT2D eigenvalue weighted by molar-refractivity contribution is 0.0692. The molecule has 1 saturated carbocycles. The van der Waals surface area contributed by atoms with Gasteiger partial charge in [0.2, 0.25) is 0 Å². The molecule has 4 heteroatoms. The number of carboxylic acids is 1. The van der Waals surface area contributed by atoms with Crippen molar-refractivity contribution in [1.82, 2.24) is 5.16 Å². The second-order valence-electron chi connectivity index (χ2n) is 5.64. The van der Waals surface area contributed by atoms with E-state index in [0.29, 0.717) is 23.4 Å². The average Bonchev–Trinajstić information content (AvgIpc) is 3.15. The van der Waals surface area contributed by atoms with Crippen LogP contribution < -0.4 is 0 Å². The Bertz CT molecular complexity index is 612. The van der Waals surface area contributed by atoms with E-state index in [1.807, 2.05) is 30.3 Å². The van der Waals surface area contributed by atoms with Crippen molar-refractivity contribution in [1.29, 1.82) is 0 Å². The third-order valence-electron chi connectivity index (χ3n) is 4.22. The summed E-state index contributed by atoms with van der Waals surface area (Å²) >= 11 is 0. The quantitative estimate of drug-likeness (QED) is 0.907. The Kier molecular flexibility index (Phi) is 4.04. The molecule has 1 aliphatic rings. The van der Waals surface area contributed by atoms with Crippen molar-refractivity contribution >= 4 is 5.97 Å². The Balaban J connectivity index is 1.80. The van der Waals surface area contributed by atoms with Crippen molar-refractivity contribution in [3.05, 3.63) is 52.9 Å². The van der Waals surface area contributed by atoms with Gasteiger partial charge < -0.3 is 9.63 Å². The van der Waals surface area contributed by atoms with Crippen LogP contribution in [0.2, 0.25) is 0 Å². The van der Waals surface area contributed by atoms with E-state index < -0.39 is 5.97 Å². The Hall–Kier alpha value is -2.10. The van der Waals surface area contributed by atoms with E-state index in [-0.39, 0.29) is 5.92 Å². The highest BCUT2D eigenvalue weighted by molar-refractivity contribution is 5.90. The zero-order chi connectivity index (χ0) is 14.7. The van der Waals surface area contributed by atoms with Gasteiger partial charge in [0.05, 0.1) is 5.69 Å². The molecular formula is C17H19NO3. The van der Waals surface area contributed by atoms with Gasteiger partial charge in [-0.25, -0.2) is 4.79 Å². The normalized spacial score (nSPS) is 15.4. The van der Waals surface area contributed by atoms with Gasteiger partial charge in [0.15, 0.2) is 5.76 Å². The van der Waals surface area contributed by atoms with Crippen LogP contribution in [0.25, 0.3) is 0 Å². The molecule has 1 aromatic heterocycles. The van der Waals surface area contributed by atoms with E-state index in [4.69, 9.17) is 4.52 Å². The van der Waals surface area contributed by atoms with Gasteiger partial charge in [-0.3, -0.25) is 0 Å². The summed E-state index contributed by atoms with van der Waals surface area (Å²) < 4.78 is 5.40. The number of benzene rings is 1. The molecule has 0 spiro atoms. The van der Waals surface area contributed by atoms with E-state index in [1.165, 1.54) is 5.56 Å². The number of carbonyl (C=O) groups is 1. The first kappa shape index (κ1) is 13.9. The number of aryl methyl sites for hydroxylation is 2. The maximum absolute atomic E-state index is 11.6. The number of rotatable bonds is 5. The van der Waals surface area contributed by atoms with Crippen LogP contribution >= 0.6 is 0 Å². The second kappa shape index (κ2) is 6.12. The topological polar surface area (TPSA) is 63.3 Å². The SMILES string of the molecule is O=C(O)c1c(CCc2ccccc2)noc1C1CCCC1. The molecule has 0 bridgehead atoms. The third-order valence-corrected chi connectivity index (χ3v) is 4.22. The first-order chi connectivity index (χ1) is 10.3. The molecule has 4 nitrogen and oxygen atoms in total. The largest absolute Gasteiger partial charge is 0.477 e. The number of nitrogens with zero attached hydrogens (tertiary/aromatic N) is 1. The summed E-state index contributed by atoms with van der Waals surface area (Å²) in [5, 5.41) is 13.5. The maximum atomic E-state index is 11.6. The van der Waals surface area contributed by atoms with E-state index in [9.17, 15) is 9.90 Å². The van der Waals surface area contributed by atoms with E-state index in [0.717, 1.165) is 32.1 Å². The average molecular weight is 285 g/mol. The van der Waals surface area contributed by atoms with Crippen molar-refractivity contribution in [3.8, 4) is 0 Å². The molecule has 110 valence electrons. The zero-order valence-corrected chi connectivity index (χ0v) is 11.9. The number of hydrogen-bond donors (Lipinski definition) is 1. The molecule has 0 aliphatic heterocycles. The van der Waals surface area contributed by atoms with Crippen LogP contribution in [-0.4, -0.2) is 16.2 Å². The van der Waals surface area contributed by atoms with Gasteiger partial charge in [0.1, 0.15) is 5.56 Å². The fourth-order valence-electron chi connectivity index (χ4n) is 3.11. The molecule has 1 aliphatic carbocycles. The summed E-state index contributed by atoms with van der Waals surface area (Å²) in [6.45, 7) is 0. The molecular weight excluding hydrogens is 266 g/mol. The van der Waals surface area contributed by atoms with Crippen molar-refractivity contribution in [2.75, 3.05) is 0 Å². The van der Waals surface area contributed by atoms with Gasteiger partial charge in [-0.1, -0.05) is 48.3 Å². The fourth-order valence-corrected chi connectivity index (χ4v) is 3.11. The van der Waals surface area contributed by atoms with Gasteiger partial charge in [0.25, 0.3) is 0 Å². The molecule has 0 unspecified atom stereocenters. The predicted molar refractivity (Wildman–Crippen MR) is 78.5 cm³/mol. The molecule has 1 heterocycles. The van der Waals surface area contributed by atoms with Crippen molar-refractivity contribution in [2.24, 2.45) is 0 Å². The van der Waals surface area contributed by atoms with Crippen molar-refractivity contribution in [3.63, 3.8) is 0 Å². The number of aromatic carboxylic acids is 1. The van der Waals surface area contributed by atoms with Crippen LogP contribution in [0.3, 0.4) is 0 Å². The summed E-state index contributed by atoms with van der Waals surface area (Å²) in [6, 6.07) is 10.0. The van der Waals surface area contributed by atoms with Gasteiger partial charge in [0, 0.05) is 5.92 Å². The van der Waals surface area contributed by atoms with E-state index in [1.54, 1.807) is 0 Å². The van der Waals surface area contributed by atoms with Gasteiger partial charge in [-0.2, -0.15) is 0 Å². The highest BCUT2D eigenvalue weighted by Crippen LogP contribution is 2.37. The number of carboxylic acid groups (broad SMARTS) is 1. The van der Waals surface area contributed by atoms with Gasteiger partial charge >= 0.3 is 5.97 Å². The van der Waals surface area contributed by atoms with Gasteiger partial charge in [-0.15, -0.1) is 0 Å². The molecule has 0 amide bonds. The highest BCUT2D eigenvalue weighted by Gasteiger charge is 2.30. The highest BCUT2D eigenvalue weighted by atomic mass is 16.5. The minimum Gasteiger partial charge on any atom is -0.477 e. The summed E-state index contributed by atoms with van der Waals surface area (Å²) in [4.78, 5) is 11.6. The summed E-state index contributed by atoms with van der Waals surface area (Å²) in [7, 11) is 0. The third kappa shape index (κ3) is 2.99. The first-order valence-corrected chi connectivity index (χ1v) is 7.51. The van der Waals surface area contributed by atoms with Crippen LogP contribution in [0.1, 0.15) is 59.0 Å². The number of aromatic nitrogens is 1. The monoisotopic (exact) mass is 285 g/mol. The van der Waals surface area contributed by atoms with Crippen molar-refractivity contribution in [2.45, 2.75) is 44.4 Å². The Labute approximate surface area is 123 Å².